The molecule has 14 heteroatoms. The number of rotatable bonds is 8. The van der Waals surface area contributed by atoms with Crippen LogP contribution in [-0.4, -0.2) is 47.5 Å². The van der Waals surface area contributed by atoms with Crippen LogP contribution in [0.5, 0.6) is 0 Å². The minimum atomic E-state index is -0.904. The van der Waals surface area contributed by atoms with Crippen molar-refractivity contribution in [2.24, 2.45) is 5.73 Å². The number of primary amides is 1. The first kappa shape index (κ1) is 28.6. The number of carbonyl (C=O) groups excluding carboxylic acids is 2. The second kappa shape index (κ2) is 11.8. The Bertz CT molecular complexity index is 1600. The van der Waals surface area contributed by atoms with Gasteiger partial charge in [0.15, 0.2) is 11.6 Å². The van der Waals surface area contributed by atoms with Crippen molar-refractivity contribution in [3.05, 3.63) is 83.6 Å². The van der Waals surface area contributed by atoms with Crippen LogP contribution in [0.2, 0.25) is 0 Å². The maximum Gasteiger partial charge on any atom is 0.412 e. The van der Waals surface area contributed by atoms with Gasteiger partial charge in [-0.1, -0.05) is 6.07 Å². The van der Waals surface area contributed by atoms with Crippen molar-refractivity contribution in [1.29, 1.82) is 0 Å². The smallest absolute Gasteiger partial charge is 0.412 e. The maximum absolute atomic E-state index is 15.3. The van der Waals surface area contributed by atoms with Crippen molar-refractivity contribution in [3.8, 4) is 5.69 Å². The van der Waals surface area contributed by atoms with Gasteiger partial charge in [0.2, 0.25) is 0 Å². The normalized spacial score (nSPS) is 11.9. The molecule has 0 aliphatic carbocycles. The summed E-state index contributed by atoms with van der Waals surface area (Å²) in [5.74, 6) is -2.02. The van der Waals surface area contributed by atoms with E-state index in [9.17, 15) is 9.59 Å². The Morgan fingerprint density at radius 2 is 1.78 bits per heavy atom. The van der Waals surface area contributed by atoms with Gasteiger partial charge in [0.25, 0.3) is 5.91 Å². The first-order valence-corrected chi connectivity index (χ1v) is 12.4. The maximum atomic E-state index is 15.3. The van der Waals surface area contributed by atoms with Crippen LogP contribution in [0, 0.1) is 12.7 Å². The zero-order valence-electron chi connectivity index (χ0n) is 23.1. The molecule has 0 aromatic carbocycles. The van der Waals surface area contributed by atoms with Gasteiger partial charge in [-0.05, 0) is 58.9 Å². The van der Waals surface area contributed by atoms with Gasteiger partial charge in [-0.3, -0.25) is 14.8 Å². The molecule has 0 fully saturated rings. The quantitative estimate of drug-likeness (QED) is 0.230. The predicted octanol–water partition coefficient (Wildman–Crippen LogP) is 4.07. The number of pyridine rings is 3. The lowest BCUT2D eigenvalue weighted by atomic mass is 10.1. The zero-order chi connectivity index (χ0) is 29.7. The fourth-order valence-corrected chi connectivity index (χ4v) is 3.61. The largest absolute Gasteiger partial charge is 0.413 e. The fourth-order valence-electron chi connectivity index (χ4n) is 3.61. The van der Waals surface area contributed by atoms with E-state index >= 15 is 4.39 Å². The number of amides is 2. The monoisotopic (exact) mass is 560 g/mol. The number of aryl methyl sites for hydroxylation is 1. The molecule has 0 aliphatic heterocycles. The summed E-state index contributed by atoms with van der Waals surface area (Å²) < 4.78 is 20.8. The Labute approximate surface area is 235 Å². The molecule has 2 amide bonds. The van der Waals surface area contributed by atoms with Crippen molar-refractivity contribution >= 4 is 35.0 Å². The Kier molecular flexibility index (Phi) is 8.21. The third kappa shape index (κ3) is 7.17. The Balaban J connectivity index is 1.73. The van der Waals surface area contributed by atoms with Gasteiger partial charge in [0.05, 0.1) is 41.2 Å². The highest BCUT2D eigenvalue weighted by molar-refractivity contribution is 5.99. The number of nitrogens with two attached hydrogens (primary N) is 1. The van der Waals surface area contributed by atoms with E-state index in [4.69, 9.17) is 10.5 Å². The number of hydrogen-bond donors (Lipinski definition) is 4. The third-order valence-electron chi connectivity index (χ3n) is 5.44. The van der Waals surface area contributed by atoms with E-state index in [-0.39, 0.29) is 28.7 Å². The number of carbonyl (C=O) groups is 2. The molecule has 0 spiro atoms. The molecule has 0 unspecified atom stereocenters. The van der Waals surface area contributed by atoms with Crippen molar-refractivity contribution in [1.82, 2.24) is 35.3 Å². The number of anilines is 3. The van der Waals surface area contributed by atoms with E-state index < -0.39 is 23.4 Å². The molecule has 0 atom stereocenters. The number of allylic oxidation sites excluding steroid dienone is 1. The van der Waals surface area contributed by atoms with Crippen molar-refractivity contribution in [3.63, 3.8) is 0 Å². The zero-order valence-corrected chi connectivity index (χ0v) is 23.1. The summed E-state index contributed by atoms with van der Waals surface area (Å²) in [4.78, 5) is 39.0. The van der Waals surface area contributed by atoms with Gasteiger partial charge in [-0.2, -0.15) is 10.2 Å². The summed E-state index contributed by atoms with van der Waals surface area (Å²) in [6, 6.07) is 7.71. The van der Waals surface area contributed by atoms with E-state index in [1.165, 1.54) is 36.5 Å². The lowest BCUT2D eigenvalue weighted by Crippen LogP contribution is -2.40. The molecule has 4 rings (SSSR count). The van der Waals surface area contributed by atoms with Crippen LogP contribution in [0.1, 0.15) is 49.4 Å². The summed E-state index contributed by atoms with van der Waals surface area (Å²) in [5.41, 5.74) is 6.93. The van der Waals surface area contributed by atoms with Crippen molar-refractivity contribution in [2.45, 2.75) is 40.2 Å². The number of nitrogens with zero attached hydrogens (tertiary/aromatic N) is 6. The molecule has 5 N–H and O–H groups in total. The first-order chi connectivity index (χ1) is 19.4. The molecule has 4 aromatic rings. The molecular formula is C27H29FN10O3. The number of nitrogens with one attached hydrogen (secondary N) is 3. The van der Waals surface area contributed by atoms with E-state index in [1.807, 2.05) is 0 Å². The van der Waals surface area contributed by atoms with Crippen LogP contribution in [-0.2, 0) is 4.74 Å². The standard InChI is InChI=1S/C27H29FN10O3/c1-15-21(38-32-10-11-33-38)12-17(14-31-15)34-24-18(23(29)39)13-19(28)25(36-24)35-22(20-8-6-7-9-30-20)16(2)41-26(40)37-27(3,4)5/h6-14H,1-5H3,(H2,29,39)(H,37,40)(H2,34,35,36)/b22-16+. The Hall–Kier alpha value is -5.40. The van der Waals surface area contributed by atoms with Gasteiger partial charge >= 0.3 is 6.09 Å². The molecular weight excluding hydrogens is 531 g/mol. The van der Waals surface area contributed by atoms with Crippen LogP contribution in [0.3, 0.4) is 0 Å². The van der Waals surface area contributed by atoms with E-state index in [1.54, 1.807) is 52.0 Å². The number of alkyl carbamates (subject to hydrolysis) is 1. The second-order valence-electron chi connectivity index (χ2n) is 9.89. The molecule has 0 aliphatic rings. The van der Waals surface area contributed by atoms with Crippen LogP contribution in [0.4, 0.5) is 26.5 Å². The van der Waals surface area contributed by atoms with Crippen molar-refractivity contribution in [2.75, 3.05) is 10.6 Å². The lowest BCUT2D eigenvalue weighted by Gasteiger charge is -2.21. The summed E-state index contributed by atoms with van der Waals surface area (Å²) in [5, 5.41) is 16.8. The van der Waals surface area contributed by atoms with Crippen LogP contribution in [0.25, 0.3) is 11.4 Å². The molecule has 13 nitrogen and oxygen atoms in total. The molecule has 4 heterocycles. The second-order valence-corrected chi connectivity index (χ2v) is 9.89. The van der Waals surface area contributed by atoms with Gasteiger partial charge in [0.1, 0.15) is 23.0 Å². The van der Waals surface area contributed by atoms with Gasteiger partial charge in [-0.15, -0.1) is 4.80 Å². The first-order valence-electron chi connectivity index (χ1n) is 12.4. The molecule has 0 bridgehead atoms. The minimum absolute atomic E-state index is 0.0455. The highest BCUT2D eigenvalue weighted by atomic mass is 19.1. The topological polar surface area (TPSA) is 175 Å². The van der Waals surface area contributed by atoms with E-state index in [0.29, 0.717) is 22.8 Å². The van der Waals surface area contributed by atoms with E-state index in [2.05, 4.69) is 41.1 Å². The number of ether oxygens (including phenoxy) is 1. The molecule has 0 radical (unpaired) electrons. The van der Waals surface area contributed by atoms with E-state index in [0.717, 1.165) is 6.07 Å². The molecule has 212 valence electrons. The molecule has 4 aromatic heterocycles. The van der Waals surface area contributed by atoms with Gasteiger partial charge < -0.3 is 26.4 Å². The van der Waals surface area contributed by atoms with Gasteiger partial charge in [-0.25, -0.2) is 14.2 Å². The Morgan fingerprint density at radius 3 is 2.41 bits per heavy atom. The van der Waals surface area contributed by atoms with Crippen molar-refractivity contribution < 1.29 is 18.7 Å². The van der Waals surface area contributed by atoms with Crippen LogP contribution in [0.15, 0.2) is 60.9 Å². The Morgan fingerprint density at radius 1 is 1.05 bits per heavy atom. The highest BCUT2D eigenvalue weighted by Crippen LogP contribution is 2.28. The molecule has 0 saturated heterocycles. The SMILES string of the molecule is C/C(OC(=O)NC(C)(C)C)=C(\Nc1nc(Nc2cnc(C)c(-n3nccn3)c2)c(C(N)=O)cc1F)c1ccccn1. The third-order valence-corrected chi connectivity index (χ3v) is 5.44. The minimum Gasteiger partial charge on any atom is -0.413 e. The summed E-state index contributed by atoms with van der Waals surface area (Å²) >= 11 is 0. The fraction of sp³-hybridized carbons (Fsp3) is 0.222. The van der Waals surface area contributed by atoms with Crippen LogP contribution >= 0.6 is 0 Å². The predicted molar refractivity (Wildman–Crippen MR) is 150 cm³/mol. The number of hydrogen-bond acceptors (Lipinski definition) is 10. The number of halogens is 1. The molecule has 41 heavy (non-hydrogen) atoms. The number of aromatic nitrogens is 6. The summed E-state index contributed by atoms with van der Waals surface area (Å²) in [6.45, 7) is 8.72. The summed E-state index contributed by atoms with van der Waals surface area (Å²) in [7, 11) is 0. The van der Waals surface area contributed by atoms with Crippen LogP contribution < -0.4 is 21.7 Å². The average Bonchev–Trinajstić information content (AvgIpc) is 3.43. The highest BCUT2D eigenvalue weighted by Gasteiger charge is 2.21. The lowest BCUT2D eigenvalue weighted by molar-refractivity contribution is 0.1000. The average molecular weight is 561 g/mol. The summed E-state index contributed by atoms with van der Waals surface area (Å²) in [6.07, 6.45) is 5.38. The van der Waals surface area contributed by atoms with Gasteiger partial charge in [0, 0.05) is 11.7 Å². The molecule has 0 saturated carbocycles.